The van der Waals surface area contributed by atoms with Crippen molar-refractivity contribution in [3.8, 4) is 22.3 Å². The molecule has 9 rings (SSSR count). The van der Waals surface area contributed by atoms with Crippen molar-refractivity contribution in [1.29, 1.82) is 0 Å². The Kier molecular flexibility index (Phi) is 9.99. The van der Waals surface area contributed by atoms with Gasteiger partial charge in [0.15, 0.2) is 0 Å². The number of fused-ring (bicyclic) bond motifs is 9. The first-order valence-corrected chi connectivity index (χ1v) is 18.2. The van der Waals surface area contributed by atoms with Crippen LogP contribution in [0.5, 0.6) is 0 Å². The normalized spacial score (nSPS) is 12.0. The first-order valence-electron chi connectivity index (χ1n) is 18.2. The third kappa shape index (κ3) is 5.25. The molecule has 0 saturated heterocycles. The summed E-state index contributed by atoms with van der Waals surface area (Å²) in [5.41, 5.74) is -1.88. The Morgan fingerprint density at radius 3 is 0.694 bits per heavy atom. The van der Waals surface area contributed by atoms with Gasteiger partial charge in [-0.2, -0.15) is 0 Å². The lowest BCUT2D eigenvalue weighted by Gasteiger charge is -2.32. The minimum atomic E-state index is -0.151. The minimum Gasteiger partial charge on any atom is -0.457 e. The van der Waals surface area contributed by atoms with E-state index in [0.717, 1.165) is 0 Å². The molecule has 0 aliphatic rings. The van der Waals surface area contributed by atoms with Gasteiger partial charge in [0.2, 0.25) is 0 Å². The van der Waals surface area contributed by atoms with Crippen molar-refractivity contribution < 1.29 is 8.83 Å². The maximum absolute atomic E-state index is 7.20. The summed E-state index contributed by atoms with van der Waals surface area (Å²) in [6, 6.07) is 0. The molecule has 2 nitrogen and oxygen atoms in total. The van der Waals surface area contributed by atoms with Crippen LogP contribution in [0.15, 0.2) is 8.83 Å². The first kappa shape index (κ1) is 43.3. The summed E-state index contributed by atoms with van der Waals surface area (Å²) in [5, 5.41) is 1.15. The second kappa shape index (κ2) is 14.3. The van der Waals surface area contributed by atoms with E-state index in [0.29, 0.717) is 0 Å². The molecule has 0 spiro atoms. The summed E-state index contributed by atoms with van der Waals surface area (Å²) in [7, 11) is 146. The van der Waals surface area contributed by atoms with Crippen LogP contribution < -0.4 is 120 Å². The molecule has 0 amide bonds. The van der Waals surface area contributed by atoms with Gasteiger partial charge in [0.1, 0.15) is 195 Å². The van der Waals surface area contributed by atoms with Gasteiger partial charge in [-0.1, -0.05) is 65.6 Å². The van der Waals surface area contributed by atoms with Gasteiger partial charge < -0.3 is 8.83 Å². The Labute approximate surface area is 387 Å². The molecular formula is C38B22O2. The van der Waals surface area contributed by atoms with Crippen LogP contribution in [-0.2, 0) is 0 Å². The van der Waals surface area contributed by atoms with E-state index < -0.39 is 0 Å². The van der Waals surface area contributed by atoms with E-state index in [9.17, 15) is 0 Å². The third-order valence-corrected chi connectivity index (χ3v) is 12.1. The van der Waals surface area contributed by atoms with Gasteiger partial charge in [-0.25, -0.2) is 0 Å². The summed E-state index contributed by atoms with van der Waals surface area (Å²) in [6.45, 7) is 0. The quantitative estimate of drug-likeness (QED) is 0.131. The molecule has 0 unspecified atom stereocenters. The molecule has 0 saturated carbocycles. The topological polar surface area (TPSA) is 26.3 Å². The van der Waals surface area contributed by atoms with Crippen molar-refractivity contribution in [3.05, 3.63) is 0 Å². The fourth-order valence-electron chi connectivity index (χ4n) is 8.77. The number of furan rings is 2. The van der Waals surface area contributed by atoms with Gasteiger partial charge in [-0.3, -0.25) is 0 Å². The average Bonchev–Trinajstić information content (AvgIpc) is 3.85. The Balaban J connectivity index is 1.60. The molecule has 44 radical (unpaired) electrons. The Hall–Kier alpha value is -3.91. The second-order valence-corrected chi connectivity index (χ2v) is 15.1. The zero-order valence-corrected chi connectivity index (χ0v) is 32.5. The van der Waals surface area contributed by atoms with Crippen LogP contribution in [0, 0.1) is 0 Å². The molecule has 9 aromatic rings. The van der Waals surface area contributed by atoms with E-state index in [1.807, 2.05) is 0 Å². The number of benzene rings is 7. The summed E-state index contributed by atoms with van der Waals surface area (Å²) in [4.78, 5) is 0. The summed E-state index contributed by atoms with van der Waals surface area (Å²) < 4.78 is 12.7. The maximum atomic E-state index is 7.20. The van der Waals surface area contributed by atoms with Crippen molar-refractivity contribution in [1.82, 2.24) is 0 Å². The van der Waals surface area contributed by atoms with Crippen LogP contribution in [0.2, 0.25) is 0 Å². The molecule has 0 aliphatic carbocycles. The van der Waals surface area contributed by atoms with Crippen LogP contribution in [0.25, 0.3) is 87.7 Å². The molecule has 2 aromatic heterocycles. The second-order valence-electron chi connectivity index (χ2n) is 15.1. The highest BCUT2D eigenvalue weighted by atomic mass is 16.3. The van der Waals surface area contributed by atoms with E-state index >= 15 is 0 Å². The highest BCUT2D eigenvalue weighted by Crippen LogP contribution is 2.41. The van der Waals surface area contributed by atoms with Crippen LogP contribution in [0.4, 0.5) is 0 Å². The lowest BCUT2D eigenvalue weighted by atomic mass is 9.56. The van der Waals surface area contributed by atoms with E-state index in [1.54, 1.807) is 0 Å². The van der Waals surface area contributed by atoms with Crippen LogP contribution in [-0.4, -0.2) is 173 Å². The van der Waals surface area contributed by atoms with E-state index in [2.05, 4.69) is 0 Å². The number of hydrogen-bond acceptors (Lipinski definition) is 2. The van der Waals surface area contributed by atoms with Gasteiger partial charge in [0, 0.05) is 21.5 Å². The molecule has 0 N–H and O–H groups in total. The third-order valence-electron chi connectivity index (χ3n) is 12.1. The molecule has 0 aliphatic heterocycles. The highest BCUT2D eigenvalue weighted by molar-refractivity contribution is 6.75. The largest absolute Gasteiger partial charge is 0.457 e. The Morgan fingerprint density at radius 1 is 0.145 bits per heavy atom. The monoisotopic (exact) mass is 730 g/mol. The molecule has 2 heterocycles. The predicted molar refractivity (Wildman–Crippen MR) is 285 cm³/mol. The van der Waals surface area contributed by atoms with Crippen molar-refractivity contribution >= 4 is 358 Å². The van der Waals surface area contributed by atoms with Crippen LogP contribution in [0.3, 0.4) is 0 Å². The number of hydrogen-bond donors (Lipinski definition) is 0. The highest BCUT2D eigenvalue weighted by Gasteiger charge is 2.31. The standard InChI is InChI=1S/C38B22O2/c39-13-3-1(9-18(44)27(53)30(56)28(54)19(9)45)4-6(16(42)26(52)24(50)14(4)40)2(5(3)15(41)25(51)23(13)49)10-17(43)20(46)11-7-8-12-21(47)29(55)31(57)32(58)38(12)62-36(8)34(60)33(59)35(7)61-37(11)22(10)48. The predicted octanol–water partition coefficient (Wildman–Crippen LogP) is -15.4. The zero-order chi connectivity index (χ0) is 45.4. The molecule has 24 heteroatoms. The lowest BCUT2D eigenvalue weighted by Crippen LogP contribution is -2.55. The maximum Gasteiger partial charge on any atom is 0.128 e. The van der Waals surface area contributed by atoms with Crippen molar-refractivity contribution in [2.24, 2.45) is 0 Å². The Bertz CT molecular complexity index is 3550. The van der Waals surface area contributed by atoms with Crippen LogP contribution >= 0.6 is 0 Å². The Morgan fingerprint density at radius 2 is 0.339 bits per heavy atom. The molecule has 230 valence electrons. The van der Waals surface area contributed by atoms with E-state index in [1.165, 1.54) is 0 Å². The summed E-state index contributed by atoms with van der Waals surface area (Å²) in [6.07, 6.45) is 0. The summed E-state index contributed by atoms with van der Waals surface area (Å²) >= 11 is 0. The fourth-order valence-corrected chi connectivity index (χ4v) is 8.77. The SMILES string of the molecule is [B]c1c([B])c([B])c(-c2c3c([B])c([B])c([B])c([B])c3c(-c3c([B])c([B])c4c(oc5c([B])c([B])c6oc7c([B])c([B])c([B])c([B])c7c6c54)c3[B])c3c([B])c([B])c([B])c([B])c23)c([B])c1[B]. The van der Waals surface area contributed by atoms with Gasteiger partial charge in [0.25, 0.3) is 0 Å². The average molecular weight is 726 g/mol. The summed E-state index contributed by atoms with van der Waals surface area (Å²) in [5.74, 6) is 0. The number of rotatable bonds is 2. The molecule has 0 fully saturated rings. The zero-order valence-electron chi connectivity index (χ0n) is 32.5. The van der Waals surface area contributed by atoms with E-state index in [-0.39, 0.29) is 208 Å². The smallest absolute Gasteiger partial charge is 0.128 e. The lowest BCUT2D eigenvalue weighted by molar-refractivity contribution is 0.670. The van der Waals surface area contributed by atoms with Gasteiger partial charge in [-0.05, 0) is 49.3 Å². The van der Waals surface area contributed by atoms with Gasteiger partial charge in [-0.15, -0.1) is 49.2 Å². The van der Waals surface area contributed by atoms with Crippen LogP contribution in [0.1, 0.15) is 0 Å². The first-order chi connectivity index (χ1) is 29.0. The minimum absolute atomic E-state index is 0.000268. The molecule has 0 atom stereocenters. The molecular weight excluding hydrogens is 726 g/mol. The van der Waals surface area contributed by atoms with Crippen molar-refractivity contribution in [2.75, 3.05) is 0 Å². The molecule has 62 heavy (non-hydrogen) atoms. The molecule has 0 bridgehead atoms. The van der Waals surface area contributed by atoms with Crippen molar-refractivity contribution in [3.63, 3.8) is 0 Å². The van der Waals surface area contributed by atoms with Crippen molar-refractivity contribution in [2.45, 2.75) is 0 Å². The molecule has 7 aromatic carbocycles. The van der Waals surface area contributed by atoms with E-state index in [4.69, 9.17) is 181 Å². The van der Waals surface area contributed by atoms with Gasteiger partial charge in [0.05, 0.1) is 0 Å². The van der Waals surface area contributed by atoms with Gasteiger partial charge >= 0.3 is 0 Å². The fraction of sp³-hybridized carbons (Fsp3) is 0.